The van der Waals surface area contributed by atoms with Crippen LogP contribution in [0.25, 0.3) is 6.08 Å². The predicted molar refractivity (Wildman–Crippen MR) is 118 cm³/mol. The molecule has 0 N–H and O–H groups in total. The highest BCUT2D eigenvalue weighted by molar-refractivity contribution is 6.42. The zero-order valence-corrected chi connectivity index (χ0v) is 19.2. The highest BCUT2D eigenvalue weighted by Gasteiger charge is 2.60. The van der Waals surface area contributed by atoms with Crippen molar-refractivity contribution in [2.24, 2.45) is 22.7 Å². The van der Waals surface area contributed by atoms with E-state index in [0.717, 1.165) is 12.8 Å². The van der Waals surface area contributed by atoms with Gasteiger partial charge in [0.05, 0.1) is 15.9 Å². The SMILES string of the molecule is CC1(C)C(=O)C(C(=O)c2ccc(Cl)c(C=CC3CCCC3)c2Cl)C(=O)C(C)(C)C1=O. The van der Waals surface area contributed by atoms with Crippen molar-refractivity contribution in [3.8, 4) is 0 Å². The van der Waals surface area contributed by atoms with Gasteiger partial charge in [-0.05, 0) is 58.6 Å². The van der Waals surface area contributed by atoms with E-state index in [-0.39, 0.29) is 10.6 Å². The number of ketones is 4. The van der Waals surface area contributed by atoms with Crippen molar-refractivity contribution in [1.82, 2.24) is 0 Å². The summed E-state index contributed by atoms with van der Waals surface area (Å²) < 4.78 is 0. The molecule has 2 fully saturated rings. The Kier molecular flexibility index (Phi) is 6.14. The van der Waals surface area contributed by atoms with Crippen LogP contribution in [0.5, 0.6) is 0 Å². The van der Waals surface area contributed by atoms with Crippen molar-refractivity contribution in [3.05, 3.63) is 39.4 Å². The molecule has 2 aliphatic carbocycles. The molecule has 1 aromatic rings. The van der Waals surface area contributed by atoms with Gasteiger partial charge in [-0.3, -0.25) is 19.2 Å². The van der Waals surface area contributed by atoms with Gasteiger partial charge in [-0.1, -0.05) is 48.2 Å². The zero-order chi connectivity index (χ0) is 22.4. The maximum Gasteiger partial charge on any atom is 0.182 e. The number of carbonyl (C=O) groups excluding carboxylic acids is 4. The summed E-state index contributed by atoms with van der Waals surface area (Å²) in [4.78, 5) is 52.0. The van der Waals surface area contributed by atoms with E-state index in [9.17, 15) is 19.2 Å². The first-order valence-electron chi connectivity index (χ1n) is 10.2. The van der Waals surface area contributed by atoms with Crippen LogP contribution in [0.15, 0.2) is 18.2 Å². The summed E-state index contributed by atoms with van der Waals surface area (Å²) >= 11 is 12.9. The molecular formula is C24H26Cl2O4. The zero-order valence-electron chi connectivity index (χ0n) is 17.7. The minimum Gasteiger partial charge on any atom is -0.297 e. The van der Waals surface area contributed by atoms with Gasteiger partial charge in [0, 0.05) is 16.1 Å². The Morgan fingerprint density at radius 1 is 0.967 bits per heavy atom. The van der Waals surface area contributed by atoms with Crippen LogP contribution in [-0.4, -0.2) is 23.1 Å². The molecule has 0 unspecified atom stereocenters. The van der Waals surface area contributed by atoms with Crippen LogP contribution in [0.4, 0.5) is 0 Å². The lowest BCUT2D eigenvalue weighted by molar-refractivity contribution is -0.158. The standard InChI is InChI=1S/C24H26Cl2O4/c1-23(2)20(28)17(21(29)24(3,4)22(23)30)19(27)15-11-12-16(25)14(18(15)26)10-9-13-7-5-6-8-13/h9-13,17H,5-8H2,1-4H3. The highest BCUT2D eigenvalue weighted by atomic mass is 35.5. The third-order valence-corrected chi connectivity index (χ3v) is 7.22. The number of benzene rings is 1. The number of hydrogen-bond donors (Lipinski definition) is 0. The summed E-state index contributed by atoms with van der Waals surface area (Å²) in [7, 11) is 0. The summed E-state index contributed by atoms with van der Waals surface area (Å²) in [6.07, 6.45) is 8.45. The Balaban J connectivity index is 2.02. The van der Waals surface area contributed by atoms with Crippen molar-refractivity contribution in [2.45, 2.75) is 53.4 Å². The van der Waals surface area contributed by atoms with Crippen LogP contribution >= 0.6 is 23.2 Å². The molecule has 1 aromatic carbocycles. The van der Waals surface area contributed by atoms with E-state index in [2.05, 4.69) is 6.08 Å². The lowest BCUT2D eigenvalue weighted by atomic mass is 9.57. The molecule has 6 heteroatoms. The molecule has 0 heterocycles. The Labute approximate surface area is 187 Å². The number of allylic oxidation sites excluding steroid dienone is 1. The molecule has 2 aliphatic rings. The molecule has 0 atom stereocenters. The van der Waals surface area contributed by atoms with Gasteiger partial charge >= 0.3 is 0 Å². The fraction of sp³-hybridized carbons (Fsp3) is 0.500. The Morgan fingerprint density at radius 3 is 2.03 bits per heavy atom. The van der Waals surface area contributed by atoms with Gasteiger partial charge in [0.2, 0.25) is 0 Å². The average Bonchev–Trinajstić information content (AvgIpc) is 3.19. The average molecular weight is 449 g/mol. The van der Waals surface area contributed by atoms with Crippen LogP contribution in [0, 0.1) is 22.7 Å². The highest BCUT2D eigenvalue weighted by Crippen LogP contribution is 2.43. The molecular weight excluding hydrogens is 423 g/mol. The van der Waals surface area contributed by atoms with Gasteiger partial charge in [-0.25, -0.2) is 0 Å². The third-order valence-electron chi connectivity index (χ3n) is 6.48. The number of carbonyl (C=O) groups is 4. The van der Waals surface area contributed by atoms with Crippen molar-refractivity contribution in [3.63, 3.8) is 0 Å². The molecule has 0 bridgehead atoms. The van der Waals surface area contributed by atoms with Crippen LogP contribution in [0.3, 0.4) is 0 Å². The van der Waals surface area contributed by atoms with Gasteiger partial charge in [0.15, 0.2) is 23.1 Å². The fourth-order valence-corrected chi connectivity index (χ4v) is 5.12. The first kappa shape index (κ1) is 22.9. The van der Waals surface area contributed by atoms with Crippen molar-refractivity contribution in [2.75, 3.05) is 0 Å². The quantitative estimate of drug-likeness (QED) is 0.432. The molecule has 160 valence electrons. The molecule has 2 saturated carbocycles. The molecule has 30 heavy (non-hydrogen) atoms. The van der Waals surface area contributed by atoms with Gasteiger partial charge in [-0.15, -0.1) is 0 Å². The smallest absolute Gasteiger partial charge is 0.182 e. The molecule has 0 spiro atoms. The lowest BCUT2D eigenvalue weighted by Crippen LogP contribution is -2.59. The van der Waals surface area contributed by atoms with E-state index >= 15 is 0 Å². The minimum atomic E-state index is -1.56. The molecule has 4 nitrogen and oxygen atoms in total. The maximum atomic E-state index is 13.3. The van der Waals surface area contributed by atoms with Crippen LogP contribution < -0.4 is 0 Å². The summed E-state index contributed by atoms with van der Waals surface area (Å²) in [5, 5.41) is 0.512. The number of hydrogen-bond acceptors (Lipinski definition) is 4. The Morgan fingerprint density at radius 2 is 1.50 bits per heavy atom. The fourth-order valence-electron chi connectivity index (χ4n) is 4.53. The second-order valence-corrected chi connectivity index (χ2v) is 10.1. The first-order valence-corrected chi connectivity index (χ1v) is 11.0. The summed E-state index contributed by atoms with van der Waals surface area (Å²) in [5.41, 5.74) is -2.29. The topological polar surface area (TPSA) is 68.3 Å². The second kappa shape index (κ2) is 8.05. The third kappa shape index (κ3) is 3.69. The minimum absolute atomic E-state index is 0.0692. The number of rotatable bonds is 4. The van der Waals surface area contributed by atoms with Crippen LogP contribution in [-0.2, 0) is 14.4 Å². The molecule has 0 aromatic heterocycles. The van der Waals surface area contributed by atoms with E-state index in [1.54, 1.807) is 6.07 Å². The van der Waals surface area contributed by atoms with E-state index in [1.165, 1.54) is 46.6 Å². The largest absolute Gasteiger partial charge is 0.297 e. The normalized spacial score (nSPS) is 22.3. The summed E-state index contributed by atoms with van der Waals surface area (Å²) in [6, 6.07) is 2.99. The van der Waals surface area contributed by atoms with Crippen LogP contribution in [0.1, 0.15) is 69.3 Å². The van der Waals surface area contributed by atoms with Gasteiger partial charge in [0.25, 0.3) is 0 Å². The van der Waals surface area contributed by atoms with Crippen LogP contribution in [0.2, 0.25) is 10.0 Å². The summed E-state index contributed by atoms with van der Waals surface area (Å²) in [6.45, 7) is 5.85. The molecule has 0 radical (unpaired) electrons. The second-order valence-electron chi connectivity index (χ2n) is 9.33. The van der Waals surface area contributed by atoms with Gasteiger partial charge < -0.3 is 0 Å². The van der Waals surface area contributed by atoms with E-state index in [4.69, 9.17) is 23.2 Å². The molecule has 0 saturated heterocycles. The van der Waals surface area contributed by atoms with Crippen molar-refractivity contribution in [1.29, 1.82) is 0 Å². The Hall–Kier alpha value is -1.78. The number of Topliss-reactive ketones (excluding diaryl/α,β-unsaturated/α-hetero) is 4. The van der Waals surface area contributed by atoms with Gasteiger partial charge in [0.1, 0.15) is 5.92 Å². The molecule has 0 aliphatic heterocycles. The first-order chi connectivity index (χ1) is 13.9. The molecule has 0 amide bonds. The van der Waals surface area contributed by atoms with E-state index in [0.29, 0.717) is 16.5 Å². The van der Waals surface area contributed by atoms with E-state index < -0.39 is 39.9 Å². The summed E-state index contributed by atoms with van der Waals surface area (Å²) in [5.74, 6) is -3.64. The number of halogens is 2. The predicted octanol–water partition coefficient (Wildman–Crippen LogP) is 5.77. The maximum absolute atomic E-state index is 13.3. The van der Waals surface area contributed by atoms with Crippen molar-refractivity contribution >= 4 is 52.4 Å². The lowest BCUT2D eigenvalue weighted by Gasteiger charge is -2.40. The Bertz CT molecular complexity index is 936. The monoisotopic (exact) mass is 448 g/mol. The van der Waals surface area contributed by atoms with E-state index in [1.807, 2.05) is 6.08 Å². The van der Waals surface area contributed by atoms with Crippen molar-refractivity contribution < 1.29 is 19.2 Å². The molecule has 3 rings (SSSR count). The van der Waals surface area contributed by atoms with Gasteiger partial charge in [-0.2, -0.15) is 0 Å².